The van der Waals surface area contributed by atoms with Crippen molar-refractivity contribution in [2.75, 3.05) is 0 Å². The van der Waals surface area contributed by atoms with Crippen molar-refractivity contribution in [3.8, 4) is 0 Å². The van der Waals surface area contributed by atoms with Gasteiger partial charge in [-0.25, -0.2) is 4.98 Å². The molecule has 1 aromatic carbocycles. The molecule has 2 nitrogen and oxygen atoms in total. The topological polar surface area (TPSA) is 17.8 Å². The van der Waals surface area contributed by atoms with E-state index in [4.69, 9.17) is 16.6 Å². The third kappa shape index (κ3) is 1.68. The maximum Gasteiger partial charge on any atom is 0.127 e. The Labute approximate surface area is 138 Å². The zero-order valence-corrected chi connectivity index (χ0v) is 14.3. The van der Waals surface area contributed by atoms with Gasteiger partial charge in [-0.15, -0.1) is 11.6 Å². The van der Waals surface area contributed by atoms with Crippen LogP contribution < -0.4 is 0 Å². The molecule has 0 N–H and O–H groups in total. The molecule has 4 heteroatoms. The van der Waals surface area contributed by atoms with Crippen LogP contribution in [0.15, 0.2) is 22.7 Å². The Kier molecular flexibility index (Phi) is 2.63. The summed E-state index contributed by atoms with van der Waals surface area (Å²) in [7, 11) is 0. The van der Waals surface area contributed by atoms with E-state index in [1.165, 1.54) is 24.8 Å². The Balaban J connectivity index is 1.67. The van der Waals surface area contributed by atoms with Crippen molar-refractivity contribution in [1.29, 1.82) is 0 Å². The minimum absolute atomic E-state index is 0.0323. The summed E-state index contributed by atoms with van der Waals surface area (Å²) in [5.74, 6) is 4.80. The summed E-state index contributed by atoms with van der Waals surface area (Å²) < 4.78 is 3.57. The molecule has 5 unspecified atom stereocenters. The van der Waals surface area contributed by atoms with Crippen molar-refractivity contribution >= 4 is 38.6 Å². The van der Waals surface area contributed by atoms with Crippen LogP contribution in [-0.2, 0) is 0 Å². The monoisotopic (exact) mass is 364 g/mol. The number of imidazole rings is 1. The minimum atomic E-state index is -0.0323. The number of hydrogen-bond donors (Lipinski definition) is 0. The van der Waals surface area contributed by atoms with Gasteiger partial charge >= 0.3 is 0 Å². The minimum Gasteiger partial charge on any atom is -0.323 e. The average Bonchev–Trinajstić information content (AvgIpc) is 2.80. The number of benzene rings is 1. The van der Waals surface area contributed by atoms with Crippen molar-refractivity contribution in [2.24, 2.45) is 23.7 Å². The van der Waals surface area contributed by atoms with Crippen molar-refractivity contribution < 1.29 is 0 Å². The fourth-order valence-corrected chi connectivity index (χ4v) is 5.81. The lowest BCUT2D eigenvalue weighted by Gasteiger charge is -2.15. The predicted molar refractivity (Wildman–Crippen MR) is 88.5 cm³/mol. The molecule has 0 aliphatic heterocycles. The number of hydrogen-bond acceptors (Lipinski definition) is 1. The summed E-state index contributed by atoms with van der Waals surface area (Å²) in [6, 6.07) is 7.10. The van der Waals surface area contributed by atoms with Crippen LogP contribution in [0.3, 0.4) is 0 Å². The molecule has 0 radical (unpaired) electrons. The van der Waals surface area contributed by atoms with E-state index < -0.39 is 0 Å². The molecule has 110 valence electrons. The van der Waals surface area contributed by atoms with E-state index in [1.54, 1.807) is 0 Å². The zero-order chi connectivity index (χ0) is 14.3. The van der Waals surface area contributed by atoms with Crippen molar-refractivity contribution in [3.63, 3.8) is 0 Å². The van der Waals surface area contributed by atoms with Crippen LogP contribution in [0.2, 0.25) is 0 Å². The van der Waals surface area contributed by atoms with Crippen molar-refractivity contribution in [3.05, 3.63) is 28.5 Å². The van der Waals surface area contributed by atoms with Gasteiger partial charge < -0.3 is 4.57 Å². The first-order chi connectivity index (χ1) is 10.1. The molecule has 3 aliphatic rings. The Hall–Kier alpha value is -0.540. The molecule has 0 saturated heterocycles. The molecule has 0 spiro atoms. The maximum atomic E-state index is 6.44. The Morgan fingerprint density at radius 3 is 2.67 bits per heavy atom. The molecule has 3 aliphatic carbocycles. The smallest absolute Gasteiger partial charge is 0.127 e. The summed E-state index contributed by atoms with van der Waals surface area (Å²) in [5.41, 5.74) is 2.34. The van der Waals surface area contributed by atoms with E-state index in [2.05, 4.69) is 38.7 Å². The molecular weight excluding hydrogens is 348 g/mol. The van der Waals surface area contributed by atoms with Gasteiger partial charge in [0.2, 0.25) is 0 Å². The van der Waals surface area contributed by atoms with E-state index in [1.807, 2.05) is 6.92 Å². The van der Waals surface area contributed by atoms with E-state index in [0.29, 0.717) is 6.04 Å². The van der Waals surface area contributed by atoms with Gasteiger partial charge in [-0.2, -0.15) is 0 Å². The zero-order valence-electron chi connectivity index (χ0n) is 12.0. The summed E-state index contributed by atoms with van der Waals surface area (Å²) in [6.45, 7) is 2.04. The first kappa shape index (κ1) is 13.0. The van der Waals surface area contributed by atoms with Crippen molar-refractivity contribution in [2.45, 2.75) is 37.6 Å². The third-order valence-corrected chi connectivity index (χ3v) is 6.72. The Morgan fingerprint density at radius 2 is 2.00 bits per heavy atom. The number of rotatable bonds is 2. The highest BCUT2D eigenvalue weighted by Gasteiger charge is 2.66. The molecule has 3 fully saturated rings. The normalized spacial score (nSPS) is 38.0. The Bertz CT molecular complexity index is 722. The second-order valence-electron chi connectivity index (χ2n) is 7.07. The van der Waals surface area contributed by atoms with Crippen LogP contribution >= 0.6 is 27.5 Å². The molecule has 21 heavy (non-hydrogen) atoms. The molecule has 0 amide bonds. The first-order valence-corrected chi connectivity index (χ1v) is 9.19. The highest BCUT2D eigenvalue weighted by Crippen LogP contribution is 2.72. The standard InChI is InChI=1S/C17H18BrClN2/c1-8(19)17-20-12-7-11(18)4-5-13(12)21(17)16-14-9-2-3-10(6-9)15(14)16/h4-5,7-10,14-16H,2-3,6H2,1H3. The molecule has 2 aromatic rings. The van der Waals surface area contributed by atoms with Crippen LogP contribution in [0.5, 0.6) is 0 Å². The van der Waals surface area contributed by atoms with Gasteiger partial charge in [0, 0.05) is 10.5 Å². The summed E-state index contributed by atoms with van der Waals surface area (Å²) in [4.78, 5) is 4.83. The largest absolute Gasteiger partial charge is 0.323 e. The second-order valence-corrected chi connectivity index (χ2v) is 8.64. The quantitative estimate of drug-likeness (QED) is 0.659. The van der Waals surface area contributed by atoms with E-state index in [9.17, 15) is 0 Å². The summed E-state index contributed by atoms with van der Waals surface area (Å²) in [6.07, 6.45) is 4.38. The maximum absolute atomic E-state index is 6.44. The number of alkyl halides is 1. The number of fused-ring (bicyclic) bond motifs is 6. The lowest BCUT2D eigenvalue weighted by Crippen LogP contribution is -2.09. The van der Waals surface area contributed by atoms with Gasteiger partial charge in [-0.1, -0.05) is 15.9 Å². The van der Waals surface area contributed by atoms with E-state index >= 15 is 0 Å². The highest BCUT2D eigenvalue weighted by atomic mass is 79.9. The van der Waals surface area contributed by atoms with Crippen LogP contribution in [0.25, 0.3) is 11.0 Å². The highest BCUT2D eigenvalue weighted by molar-refractivity contribution is 9.10. The van der Waals surface area contributed by atoms with Crippen LogP contribution in [0, 0.1) is 23.7 Å². The third-order valence-electron chi connectivity index (χ3n) is 6.03. The SMILES string of the molecule is CC(Cl)c1nc2cc(Br)ccc2n1C1C2C3CCC(C3)C21. The molecule has 5 atom stereocenters. The predicted octanol–water partition coefficient (Wildman–Crippen LogP) is 5.32. The van der Waals surface area contributed by atoms with Gasteiger partial charge in [0.15, 0.2) is 0 Å². The van der Waals surface area contributed by atoms with E-state index in [-0.39, 0.29) is 5.38 Å². The number of aromatic nitrogens is 2. The lowest BCUT2D eigenvalue weighted by molar-refractivity contribution is 0.451. The van der Waals surface area contributed by atoms with Gasteiger partial charge in [0.1, 0.15) is 5.82 Å². The van der Waals surface area contributed by atoms with Gasteiger partial charge in [-0.3, -0.25) is 0 Å². The van der Waals surface area contributed by atoms with Crippen molar-refractivity contribution in [1.82, 2.24) is 9.55 Å². The Morgan fingerprint density at radius 1 is 1.29 bits per heavy atom. The van der Waals surface area contributed by atoms with Gasteiger partial charge in [0.05, 0.1) is 16.4 Å². The lowest BCUT2D eigenvalue weighted by atomic mass is 10.0. The molecule has 3 saturated carbocycles. The fourth-order valence-electron chi connectivity index (χ4n) is 5.31. The van der Waals surface area contributed by atoms with Gasteiger partial charge in [-0.05, 0) is 68.1 Å². The molecular formula is C17H18BrClN2. The summed E-state index contributed by atoms with van der Waals surface area (Å²) >= 11 is 9.99. The molecule has 1 aromatic heterocycles. The molecule has 2 bridgehead atoms. The summed E-state index contributed by atoms with van der Waals surface area (Å²) in [5, 5.41) is -0.0323. The van der Waals surface area contributed by atoms with Crippen LogP contribution in [0.1, 0.15) is 43.4 Å². The first-order valence-electron chi connectivity index (χ1n) is 7.96. The van der Waals surface area contributed by atoms with Crippen LogP contribution in [0.4, 0.5) is 0 Å². The number of halogens is 2. The fraction of sp³-hybridized carbons (Fsp3) is 0.588. The van der Waals surface area contributed by atoms with Crippen LogP contribution in [-0.4, -0.2) is 9.55 Å². The van der Waals surface area contributed by atoms with Gasteiger partial charge in [0.25, 0.3) is 0 Å². The molecule has 5 rings (SSSR count). The second kappa shape index (κ2) is 4.26. The molecule has 1 heterocycles. The van der Waals surface area contributed by atoms with E-state index in [0.717, 1.165) is 39.5 Å². The number of nitrogens with zero attached hydrogens (tertiary/aromatic N) is 2. The average molecular weight is 366 g/mol.